The summed E-state index contributed by atoms with van der Waals surface area (Å²) in [6.07, 6.45) is 1.51. The summed E-state index contributed by atoms with van der Waals surface area (Å²) < 4.78 is 31.0. The molecule has 1 aliphatic heterocycles. The Morgan fingerprint density at radius 3 is 2.61 bits per heavy atom. The van der Waals surface area contributed by atoms with Crippen molar-refractivity contribution in [3.63, 3.8) is 0 Å². The minimum Gasteiger partial charge on any atom is -0.381 e. The van der Waals surface area contributed by atoms with Gasteiger partial charge >= 0.3 is 0 Å². The number of hydrogen-bond acceptors (Lipinski definition) is 5. The molecule has 130 valence electrons. The van der Waals surface area contributed by atoms with Crippen LogP contribution < -0.4 is 15.8 Å². The summed E-state index contributed by atoms with van der Waals surface area (Å²) in [6.45, 7) is 1.23. The lowest BCUT2D eigenvalue weighted by molar-refractivity contribution is -0.119. The van der Waals surface area contributed by atoms with Crippen LogP contribution in [0.5, 0.6) is 0 Å². The minimum atomic E-state index is -3.55. The normalized spacial score (nSPS) is 17.1. The molecule has 4 N–H and O–H groups in total. The van der Waals surface area contributed by atoms with Crippen molar-refractivity contribution in [2.45, 2.75) is 23.8 Å². The third-order valence-electron chi connectivity index (χ3n) is 3.76. The molecule has 1 aliphatic rings. The van der Waals surface area contributed by atoms with Gasteiger partial charge in [-0.3, -0.25) is 4.79 Å². The summed E-state index contributed by atoms with van der Waals surface area (Å²) in [5.74, 6) is -0.233. The molecule has 0 aromatic heterocycles. The van der Waals surface area contributed by atoms with Gasteiger partial charge in [-0.15, -0.1) is 12.4 Å². The molecule has 1 heterocycles. The molecule has 1 aromatic rings. The lowest BCUT2D eigenvalue weighted by Crippen LogP contribution is -2.44. The zero-order chi connectivity index (χ0) is 16.2. The average molecular weight is 364 g/mol. The lowest BCUT2D eigenvalue weighted by atomic mass is 9.92. The Bertz CT molecular complexity index is 633. The molecule has 0 spiro atoms. The molecule has 0 saturated carbocycles. The highest BCUT2D eigenvalue weighted by Crippen LogP contribution is 2.20. The van der Waals surface area contributed by atoms with Crippen LogP contribution in [0.25, 0.3) is 0 Å². The second-order valence-corrected chi connectivity index (χ2v) is 7.09. The third kappa shape index (κ3) is 5.15. The van der Waals surface area contributed by atoms with E-state index < -0.39 is 16.1 Å². The van der Waals surface area contributed by atoms with Crippen LogP contribution in [0.3, 0.4) is 0 Å². The lowest BCUT2D eigenvalue weighted by Gasteiger charge is -2.26. The number of sulfonamides is 1. The SMILES string of the molecule is CNS(=O)(=O)c1cccc(NC(=O)C(N)C2CCOCC2)c1.Cl. The highest BCUT2D eigenvalue weighted by Gasteiger charge is 2.26. The van der Waals surface area contributed by atoms with Gasteiger partial charge in [-0.05, 0) is 44.0 Å². The number of anilines is 1. The van der Waals surface area contributed by atoms with E-state index in [0.29, 0.717) is 18.9 Å². The van der Waals surface area contributed by atoms with Crippen LogP contribution in [-0.4, -0.2) is 40.6 Å². The molecule has 23 heavy (non-hydrogen) atoms. The van der Waals surface area contributed by atoms with Crippen LogP contribution in [0.2, 0.25) is 0 Å². The molecule has 1 aromatic carbocycles. The van der Waals surface area contributed by atoms with Crippen LogP contribution in [0, 0.1) is 5.92 Å². The number of nitrogens with two attached hydrogens (primary N) is 1. The van der Waals surface area contributed by atoms with Gasteiger partial charge in [-0.2, -0.15) is 0 Å². The standard InChI is InChI=1S/C14H21N3O4S.ClH/c1-16-22(19,20)12-4-2-3-11(9-12)17-14(18)13(15)10-5-7-21-8-6-10;/h2-4,9-10,13,16H,5-8,15H2,1H3,(H,17,18);1H. The first kappa shape index (κ1) is 19.9. The van der Waals surface area contributed by atoms with Crippen molar-refractivity contribution in [1.82, 2.24) is 4.72 Å². The second-order valence-electron chi connectivity index (χ2n) is 5.20. The zero-order valence-electron chi connectivity index (χ0n) is 12.8. The molecular weight excluding hydrogens is 342 g/mol. The Labute approximate surface area is 142 Å². The number of nitrogens with one attached hydrogen (secondary N) is 2. The Hall–Kier alpha value is -1.19. The molecular formula is C14H22ClN3O4S. The molecule has 9 heteroatoms. The fourth-order valence-corrected chi connectivity index (χ4v) is 3.15. The van der Waals surface area contributed by atoms with Gasteiger partial charge in [0, 0.05) is 18.9 Å². The van der Waals surface area contributed by atoms with Gasteiger partial charge in [-0.1, -0.05) is 6.07 Å². The second kappa shape index (κ2) is 8.60. The van der Waals surface area contributed by atoms with Crippen LogP contribution in [0.1, 0.15) is 12.8 Å². The molecule has 1 saturated heterocycles. The van der Waals surface area contributed by atoms with Gasteiger partial charge in [0.25, 0.3) is 0 Å². The first-order valence-corrected chi connectivity index (χ1v) is 8.60. The first-order valence-electron chi connectivity index (χ1n) is 7.12. The van der Waals surface area contributed by atoms with E-state index in [9.17, 15) is 13.2 Å². The number of hydrogen-bond donors (Lipinski definition) is 3. The summed E-state index contributed by atoms with van der Waals surface area (Å²) in [4.78, 5) is 12.3. The van der Waals surface area contributed by atoms with Gasteiger partial charge in [0.05, 0.1) is 10.9 Å². The Morgan fingerprint density at radius 1 is 1.35 bits per heavy atom. The summed E-state index contributed by atoms with van der Waals surface area (Å²) in [6, 6.07) is 5.43. The summed E-state index contributed by atoms with van der Waals surface area (Å²) in [5.41, 5.74) is 6.40. The van der Waals surface area contributed by atoms with Crippen LogP contribution in [0.4, 0.5) is 5.69 Å². The Kier molecular flexibility index (Phi) is 7.43. The number of carbonyl (C=O) groups is 1. The van der Waals surface area contributed by atoms with Crippen molar-refractivity contribution < 1.29 is 17.9 Å². The monoisotopic (exact) mass is 363 g/mol. The smallest absolute Gasteiger partial charge is 0.241 e. The zero-order valence-corrected chi connectivity index (χ0v) is 14.5. The van der Waals surface area contributed by atoms with E-state index in [1.807, 2.05) is 0 Å². The Morgan fingerprint density at radius 2 is 2.00 bits per heavy atom. The van der Waals surface area contributed by atoms with E-state index in [2.05, 4.69) is 10.0 Å². The maximum atomic E-state index is 12.2. The van der Waals surface area contributed by atoms with E-state index in [0.717, 1.165) is 12.8 Å². The maximum Gasteiger partial charge on any atom is 0.241 e. The van der Waals surface area contributed by atoms with Gasteiger partial charge in [-0.25, -0.2) is 13.1 Å². The van der Waals surface area contributed by atoms with E-state index >= 15 is 0 Å². The number of rotatable bonds is 5. The van der Waals surface area contributed by atoms with Crippen LogP contribution in [0.15, 0.2) is 29.2 Å². The van der Waals surface area contributed by atoms with Gasteiger partial charge < -0.3 is 15.8 Å². The van der Waals surface area contributed by atoms with E-state index in [-0.39, 0.29) is 29.1 Å². The van der Waals surface area contributed by atoms with Crippen LogP contribution in [-0.2, 0) is 19.6 Å². The van der Waals surface area contributed by atoms with Crippen molar-refractivity contribution in [3.8, 4) is 0 Å². The largest absolute Gasteiger partial charge is 0.381 e. The number of amides is 1. The molecule has 7 nitrogen and oxygen atoms in total. The van der Waals surface area contributed by atoms with Gasteiger partial charge in [0.1, 0.15) is 0 Å². The van der Waals surface area contributed by atoms with Crippen molar-refractivity contribution in [3.05, 3.63) is 24.3 Å². The minimum absolute atomic E-state index is 0. The molecule has 1 amide bonds. The fraction of sp³-hybridized carbons (Fsp3) is 0.500. The van der Waals surface area contributed by atoms with E-state index in [1.54, 1.807) is 12.1 Å². The highest BCUT2D eigenvalue weighted by molar-refractivity contribution is 7.89. The van der Waals surface area contributed by atoms with Gasteiger partial charge in [0.2, 0.25) is 15.9 Å². The fourth-order valence-electron chi connectivity index (χ4n) is 2.37. The molecule has 1 unspecified atom stereocenters. The number of benzene rings is 1. The quantitative estimate of drug-likeness (QED) is 0.713. The molecule has 1 atom stereocenters. The number of carbonyl (C=O) groups excluding carboxylic acids is 1. The predicted molar refractivity (Wildman–Crippen MR) is 90.1 cm³/mol. The first-order chi connectivity index (χ1) is 10.4. The molecule has 0 radical (unpaired) electrons. The molecule has 2 rings (SSSR count). The summed E-state index contributed by atoms with van der Waals surface area (Å²) >= 11 is 0. The number of ether oxygens (including phenoxy) is 1. The average Bonchev–Trinajstić information content (AvgIpc) is 2.55. The predicted octanol–water partition coefficient (Wildman–Crippen LogP) is 0.709. The van der Waals surface area contributed by atoms with Gasteiger partial charge in [0.15, 0.2) is 0 Å². The van der Waals surface area contributed by atoms with Crippen molar-refractivity contribution in [2.75, 3.05) is 25.6 Å². The van der Waals surface area contributed by atoms with Crippen molar-refractivity contribution in [2.24, 2.45) is 11.7 Å². The highest BCUT2D eigenvalue weighted by atomic mass is 35.5. The third-order valence-corrected chi connectivity index (χ3v) is 5.17. The maximum absolute atomic E-state index is 12.2. The Balaban J connectivity index is 0.00000264. The van der Waals surface area contributed by atoms with Crippen molar-refractivity contribution >= 4 is 34.0 Å². The number of halogens is 1. The summed E-state index contributed by atoms with van der Waals surface area (Å²) in [5, 5.41) is 2.68. The summed E-state index contributed by atoms with van der Waals surface area (Å²) in [7, 11) is -2.21. The van der Waals surface area contributed by atoms with Crippen LogP contribution >= 0.6 is 12.4 Å². The molecule has 0 bridgehead atoms. The topological polar surface area (TPSA) is 111 Å². The molecule has 1 fully saturated rings. The van der Waals surface area contributed by atoms with E-state index in [4.69, 9.17) is 10.5 Å². The van der Waals surface area contributed by atoms with Crippen molar-refractivity contribution in [1.29, 1.82) is 0 Å². The molecule has 0 aliphatic carbocycles. The van der Waals surface area contributed by atoms with E-state index in [1.165, 1.54) is 19.2 Å².